The molecule has 104 valence electrons. The molecule has 0 bridgehead atoms. The van der Waals surface area contributed by atoms with E-state index in [1.165, 1.54) is 6.07 Å². The summed E-state index contributed by atoms with van der Waals surface area (Å²) in [5.74, 6) is -1.48. The van der Waals surface area contributed by atoms with Gasteiger partial charge in [0.05, 0.1) is 17.3 Å². The summed E-state index contributed by atoms with van der Waals surface area (Å²) in [4.78, 5) is 23.1. The van der Waals surface area contributed by atoms with E-state index in [1.54, 1.807) is 12.1 Å². The van der Waals surface area contributed by atoms with E-state index in [2.05, 4.69) is 5.32 Å². The van der Waals surface area contributed by atoms with E-state index < -0.39 is 23.3 Å². The van der Waals surface area contributed by atoms with Crippen molar-refractivity contribution in [3.05, 3.63) is 27.3 Å². The molecule has 0 aromatic heterocycles. The standard InChI is InChI=1S/C13H17IN2O3/c1-13(2,3)10(15)11(17)16-9-5-4-7(14)6-8(9)12(18)19/h4-6,10H,15H2,1-3H3,(H,16,17)(H,18,19). The van der Waals surface area contributed by atoms with Crippen molar-refractivity contribution in [1.29, 1.82) is 0 Å². The van der Waals surface area contributed by atoms with Gasteiger partial charge in [0.1, 0.15) is 0 Å². The van der Waals surface area contributed by atoms with Crippen LogP contribution in [0.3, 0.4) is 0 Å². The first kappa shape index (κ1) is 15.9. The average Bonchev–Trinajstić information content (AvgIpc) is 2.28. The highest BCUT2D eigenvalue weighted by molar-refractivity contribution is 14.1. The van der Waals surface area contributed by atoms with Crippen LogP contribution in [0.25, 0.3) is 0 Å². The Kier molecular flexibility index (Phi) is 4.92. The lowest BCUT2D eigenvalue weighted by atomic mass is 9.87. The smallest absolute Gasteiger partial charge is 0.337 e. The van der Waals surface area contributed by atoms with Gasteiger partial charge in [0.25, 0.3) is 0 Å². The summed E-state index contributed by atoms with van der Waals surface area (Å²) in [5, 5.41) is 11.7. The molecule has 0 heterocycles. The third-order valence-corrected chi connectivity index (χ3v) is 3.36. The molecule has 1 rings (SSSR count). The Bertz CT molecular complexity index is 509. The highest BCUT2D eigenvalue weighted by Gasteiger charge is 2.28. The van der Waals surface area contributed by atoms with Crippen molar-refractivity contribution < 1.29 is 14.7 Å². The predicted molar refractivity (Wildman–Crippen MR) is 82.2 cm³/mol. The maximum absolute atomic E-state index is 12.0. The topological polar surface area (TPSA) is 92.4 Å². The zero-order valence-electron chi connectivity index (χ0n) is 11.0. The van der Waals surface area contributed by atoms with Crippen molar-refractivity contribution in [2.45, 2.75) is 26.8 Å². The molecule has 0 saturated heterocycles. The Morgan fingerprint density at radius 3 is 2.42 bits per heavy atom. The number of carbonyl (C=O) groups is 2. The number of benzene rings is 1. The van der Waals surface area contributed by atoms with Crippen molar-refractivity contribution in [2.24, 2.45) is 11.1 Å². The van der Waals surface area contributed by atoms with E-state index in [1.807, 2.05) is 43.4 Å². The van der Waals surface area contributed by atoms with E-state index in [-0.39, 0.29) is 11.3 Å². The molecule has 1 aromatic carbocycles. The first-order chi connectivity index (χ1) is 8.62. The fourth-order valence-electron chi connectivity index (χ4n) is 1.41. The lowest BCUT2D eigenvalue weighted by Gasteiger charge is -2.26. The molecule has 0 aliphatic carbocycles. The first-order valence-electron chi connectivity index (χ1n) is 5.72. The average molecular weight is 376 g/mol. The van der Waals surface area contributed by atoms with Crippen molar-refractivity contribution in [3.63, 3.8) is 0 Å². The van der Waals surface area contributed by atoms with Crippen LogP contribution in [0.15, 0.2) is 18.2 Å². The molecule has 0 saturated carbocycles. The lowest BCUT2D eigenvalue weighted by Crippen LogP contribution is -2.45. The largest absolute Gasteiger partial charge is 0.478 e. The maximum atomic E-state index is 12.0. The van der Waals surface area contributed by atoms with Gasteiger partial charge in [0.2, 0.25) is 5.91 Å². The first-order valence-corrected chi connectivity index (χ1v) is 6.80. The molecule has 0 aliphatic rings. The number of nitrogens with two attached hydrogens (primary N) is 1. The van der Waals surface area contributed by atoms with E-state index in [9.17, 15) is 9.59 Å². The molecule has 0 radical (unpaired) electrons. The van der Waals surface area contributed by atoms with Gasteiger partial charge in [-0.1, -0.05) is 20.8 Å². The van der Waals surface area contributed by atoms with Gasteiger partial charge in [0.15, 0.2) is 0 Å². The highest BCUT2D eigenvalue weighted by Crippen LogP contribution is 2.22. The number of aromatic carboxylic acids is 1. The minimum absolute atomic E-state index is 0.0568. The molecule has 4 N–H and O–H groups in total. The Morgan fingerprint density at radius 1 is 1.37 bits per heavy atom. The molecule has 5 nitrogen and oxygen atoms in total. The van der Waals surface area contributed by atoms with E-state index in [4.69, 9.17) is 10.8 Å². The Morgan fingerprint density at radius 2 is 1.95 bits per heavy atom. The number of amides is 1. The summed E-state index contributed by atoms with van der Waals surface area (Å²) in [6.07, 6.45) is 0. The summed E-state index contributed by atoms with van der Waals surface area (Å²) < 4.78 is 0.785. The molecule has 1 aromatic rings. The van der Waals surface area contributed by atoms with Crippen LogP contribution in [-0.4, -0.2) is 23.0 Å². The molecule has 0 aliphatic heterocycles. The fourth-order valence-corrected chi connectivity index (χ4v) is 1.90. The van der Waals surface area contributed by atoms with Crippen molar-refractivity contribution >= 4 is 40.2 Å². The van der Waals surface area contributed by atoms with Crippen LogP contribution in [0.2, 0.25) is 0 Å². The second kappa shape index (κ2) is 5.87. The van der Waals surface area contributed by atoms with Crippen LogP contribution in [0.1, 0.15) is 31.1 Å². The summed E-state index contributed by atoms with van der Waals surface area (Å²) in [7, 11) is 0. The normalized spacial score (nSPS) is 12.9. The SMILES string of the molecule is CC(C)(C)C(N)C(=O)Nc1ccc(I)cc1C(=O)O. The second-order valence-electron chi connectivity index (χ2n) is 5.33. The van der Waals surface area contributed by atoms with Gasteiger partial charge < -0.3 is 16.2 Å². The number of carbonyl (C=O) groups excluding carboxylic acids is 1. The minimum Gasteiger partial charge on any atom is -0.478 e. The number of anilines is 1. The maximum Gasteiger partial charge on any atom is 0.337 e. The number of nitrogens with one attached hydrogen (secondary N) is 1. The van der Waals surface area contributed by atoms with Gasteiger partial charge in [-0.25, -0.2) is 4.79 Å². The van der Waals surface area contributed by atoms with Crippen LogP contribution in [0.5, 0.6) is 0 Å². The van der Waals surface area contributed by atoms with Gasteiger partial charge in [-0.05, 0) is 46.2 Å². The van der Waals surface area contributed by atoms with Gasteiger partial charge in [-0.3, -0.25) is 4.79 Å². The van der Waals surface area contributed by atoms with E-state index >= 15 is 0 Å². The minimum atomic E-state index is -1.09. The molecule has 1 amide bonds. The molecular formula is C13H17IN2O3. The van der Waals surface area contributed by atoms with Crippen molar-refractivity contribution in [2.75, 3.05) is 5.32 Å². The third-order valence-electron chi connectivity index (χ3n) is 2.69. The van der Waals surface area contributed by atoms with Gasteiger partial charge in [-0.2, -0.15) is 0 Å². The Balaban J connectivity index is 3.00. The molecule has 6 heteroatoms. The predicted octanol–water partition coefficient (Wildman–Crippen LogP) is 2.30. The van der Waals surface area contributed by atoms with Crippen LogP contribution < -0.4 is 11.1 Å². The third kappa shape index (κ3) is 4.17. The molecule has 19 heavy (non-hydrogen) atoms. The highest BCUT2D eigenvalue weighted by atomic mass is 127. The van der Waals surface area contributed by atoms with Gasteiger partial charge in [-0.15, -0.1) is 0 Å². The second-order valence-corrected chi connectivity index (χ2v) is 6.57. The number of carboxylic acid groups (broad SMARTS) is 1. The summed E-state index contributed by atoms with van der Waals surface area (Å²) in [5.41, 5.74) is 5.76. The zero-order chi connectivity index (χ0) is 14.8. The van der Waals surface area contributed by atoms with E-state index in [0.29, 0.717) is 0 Å². The molecule has 1 unspecified atom stereocenters. The number of rotatable bonds is 3. The number of hydrogen-bond acceptors (Lipinski definition) is 3. The van der Waals surface area contributed by atoms with E-state index in [0.717, 1.165) is 3.57 Å². The fraction of sp³-hybridized carbons (Fsp3) is 0.385. The van der Waals surface area contributed by atoms with Crippen LogP contribution in [-0.2, 0) is 4.79 Å². The molecular weight excluding hydrogens is 359 g/mol. The van der Waals surface area contributed by atoms with Crippen molar-refractivity contribution in [3.8, 4) is 0 Å². The van der Waals surface area contributed by atoms with Crippen LogP contribution in [0, 0.1) is 8.99 Å². The number of hydrogen-bond donors (Lipinski definition) is 3. The lowest BCUT2D eigenvalue weighted by molar-refractivity contribution is -0.119. The molecule has 0 fully saturated rings. The Hall–Kier alpha value is -1.15. The van der Waals surface area contributed by atoms with Crippen LogP contribution in [0.4, 0.5) is 5.69 Å². The number of halogens is 1. The zero-order valence-corrected chi connectivity index (χ0v) is 13.2. The monoisotopic (exact) mass is 376 g/mol. The van der Waals surface area contributed by atoms with Crippen molar-refractivity contribution in [1.82, 2.24) is 0 Å². The summed E-state index contributed by atoms with van der Waals surface area (Å²) >= 11 is 2.01. The quantitative estimate of drug-likeness (QED) is 0.706. The molecule has 1 atom stereocenters. The van der Waals surface area contributed by atoms with Crippen LogP contribution >= 0.6 is 22.6 Å². The van der Waals surface area contributed by atoms with Gasteiger partial charge >= 0.3 is 5.97 Å². The summed E-state index contributed by atoms with van der Waals surface area (Å²) in [6, 6.07) is 4.08. The van der Waals surface area contributed by atoms with Gasteiger partial charge in [0, 0.05) is 3.57 Å². The number of carboxylic acids is 1. The summed E-state index contributed by atoms with van der Waals surface area (Å²) in [6.45, 7) is 5.55. The Labute approximate surface area is 125 Å². The molecule has 0 spiro atoms.